The lowest BCUT2D eigenvalue weighted by Crippen LogP contribution is -2.45. The Morgan fingerprint density at radius 3 is 2.25 bits per heavy atom. The summed E-state index contributed by atoms with van der Waals surface area (Å²) in [5, 5.41) is 1.30. The lowest BCUT2D eigenvalue weighted by molar-refractivity contribution is 0.0739. The van der Waals surface area contributed by atoms with Crippen molar-refractivity contribution >= 4 is 21.4 Å². The van der Waals surface area contributed by atoms with E-state index in [9.17, 15) is 0 Å². The quantitative estimate of drug-likeness (QED) is 0.170. The molecule has 0 bridgehead atoms. The van der Waals surface area contributed by atoms with E-state index in [0.717, 1.165) is 36.8 Å². The second kappa shape index (κ2) is 13.9. The van der Waals surface area contributed by atoms with E-state index in [1.54, 1.807) is 7.11 Å². The molecule has 3 fully saturated rings. The Morgan fingerprint density at radius 2 is 1.48 bits per heavy atom. The molecule has 0 radical (unpaired) electrons. The minimum Gasteiger partial charge on any atom is -0.497 e. The van der Waals surface area contributed by atoms with Gasteiger partial charge in [0.25, 0.3) is 0 Å². The summed E-state index contributed by atoms with van der Waals surface area (Å²) < 4.78 is 19.5. The van der Waals surface area contributed by atoms with Gasteiger partial charge in [0.15, 0.2) is 0 Å². The molecule has 2 unspecified atom stereocenters. The molecule has 44 heavy (non-hydrogen) atoms. The minimum atomic E-state index is 0.313. The molecule has 1 saturated carbocycles. The number of fused-ring (bicyclic) bond motifs is 1. The van der Waals surface area contributed by atoms with Crippen molar-refractivity contribution in [2.45, 2.75) is 69.9 Å². The van der Waals surface area contributed by atoms with Crippen molar-refractivity contribution in [1.29, 1.82) is 0 Å². The fraction of sp³-hybridized carbons (Fsp3) is 0.474. The molecule has 2 atom stereocenters. The lowest BCUT2D eigenvalue weighted by Gasteiger charge is -2.35. The molecule has 3 aromatic carbocycles. The summed E-state index contributed by atoms with van der Waals surface area (Å²) in [6, 6.07) is 24.6. The molecule has 232 valence electrons. The molecule has 0 amide bonds. The zero-order chi connectivity index (χ0) is 29.7. The number of rotatable bonds is 11. The summed E-state index contributed by atoms with van der Waals surface area (Å²) in [5.41, 5.74) is 3.90. The SMILES string of the molecule is COc1ccc2c(Cc3ccc(OC4CCCC4N4CCCCC4)cc3)c(-c3ccc(OCCN4CCCC4)cc3)sc2c1. The van der Waals surface area contributed by atoms with Gasteiger partial charge in [-0.1, -0.05) is 18.6 Å². The van der Waals surface area contributed by atoms with Gasteiger partial charge in [-0.2, -0.15) is 0 Å². The van der Waals surface area contributed by atoms with Crippen LogP contribution in [0.1, 0.15) is 62.5 Å². The first-order valence-electron chi connectivity index (χ1n) is 16.8. The van der Waals surface area contributed by atoms with Crippen LogP contribution in [0.25, 0.3) is 20.5 Å². The van der Waals surface area contributed by atoms with Crippen LogP contribution in [0, 0.1) is 0 Å². The highest BCUT2D eigenvalue weighted by Crippen LogP contribution is 2.42. The van der Waals surface area contributed by atoms with Crippen LogP contribution in [0.3, 0.4) is 0 Å². The summed E-state index contributed by atoms with van der Waals surface area (Å²) >= 11 is 1.85. The average Bonchev–Trinajstić information content (AvgIpc) is 3.84. The van der Waals surface area contributed by atoms with E-state index in [1.165, 1.54) is 109 Å². The predicted molar refractivity (Wildman–Crippen MR) is 182 cm³/mol. The standard InChI is InChI=1S/C38H46N2O3S/c1-41-32-18-19-33-34(26-28-10-14-31(15-11-28)43-36-9-7-8-35(36)40-22-3-2-4-23-40)38(44-37(33)27-32)29-12-16-30(17-13-29)42-25-24-39-20-5-6-21-39/h10-19,27,35-36H,2-9,20-26H2,1H3. The fourth-order valence-electron chi connectivity index (χ4n) is 7.44. The first-order chi connectivity index (χ1) is 21.7. The van der Waals surface area contributed by atoms with Gasteiger partial charge in [0.05, 0.1) is 7.11 Å². The second-order valence-electron chi connectivity index (χ2n) is 12.8. The van der Waals surface area contributed by atoms with Gasteiger partial charge < -0.3 is 14.2 Å². The Kier molecular flexibility index (Phi) is 9.38. The van der Waals surface area contributed by atoms with E-state index < -0.39 is 0 Å². The van der Waals surface area contributed by atoms with Crippen LogP contribution in [0.15, 0.2) is 66.7 Å². The van der Waals surface area contributed by atoms with Crippen molar-refractivity contribution in [3.8, 4) is 27.7 Å². The topological polar surface area (TPSA) is 34.2 Å². The summed E-state index contributed by atoms with van der Waals surface area (Å²) in [4.78, 5) is 6.50. The van der Waals surface area contributed by atoms with E-state index >= 15 is 0 Å². The van der Waals surface area contributed by atoms with Crippen LogP contribution in [-0.2, 0) is 6.42 Å². The summed E-state index contributed by atoms with van der Waals surface area (Å²) in [6.07, 6.45) is 11.6. The highest BCUT2D eigenvalue weighted by Gasteiger charge is 2.34. The molecule has 2 aliphatic heterocycles. The molecule has 5 nitrogen and oxygen atoms in total. The average molecular weight is 611 g/mol. The fourth-order valence-corrected chi connectivity index (χ4v) is 8.70. The van der Waals surface area contributed by atoms with Crippen LogP contribution >= 0.6 is 11.3 Å². The first kappa shape index (κ1) is 29.6. The number of hydrogen-bond acceptors (Lipinski definition) is 6. The summed E-state index contributed by atoms with van der Waals surface area (Å²) in [5.74, 6) is 2.84. The Hall–Kier alpha value is -3.06. The van der Waals surface area contributed by atoms with Crippen molar-refractivity contribution in [2.24, 2.45) is 0 Å². The van der Waals surface area contributed by atoms with Crippen LogP contribution < -0.4 is 14.2 Å². The highest BCUT2D eigenvalue weighted by atomic mass is 32.1. The van der Waals surface area contributed by atoms with Gasteiger partial charge in [-0.15, -0.1) is 11.3 Å². The molecular formula is C38H46N2O3S. The van der Waals surface area contributed by atoms with Gasteiger partial charge in [-0.25, -0.2) is 0 Å². The van der Waals surface area contributed by atoms with Crippen molar-refractivity contribution in [1.82, 2.24) is 9.80 Å². The van der Waals surface area contributed by atoms with Crippen molar-refractivity contribution in [2.75, 3.05) is 46.4 Å². The smallest absolute Gasteiger partial charge is 0.120 e. The molecule has 6 heteroatoms. The number of ether oxygens (including phenoxy) is 3. The number of methoxy groups -OCH3 is 1. The Morgan fingerprint density at radius 1 is 0.750 bits per heavy atom. The van der Waals surface area contributed by atoms with E-state index in [0.29, 0.717) is 12.1 Å². The molecule has 3 heterocycles. The Bertz CT molecular complexity index is 1500. The van der Waals surface area contributed by atoms with E-state index in [-0.39, 0.29) is 0 Å². The summed E-state index contributed by atoms with van der Waals surface area (Å²) in [7, 11) is 1.74. The van der Waals surface area contributed by atoms with Crippen LogP contribution in [-0.4, -0.2) is 68.4 Å². The monoisotopic (exact) mass is 610 g/mol. The number of likely N-dealkylation sites (tertiary alicyclic amines) is 2. The second-order valence-corrected chi connectivity index (χ2v) is 13.8. The molecular weight excluding hydrogens is 564 g/mol. The molecule has 0 N–H and O–H groups in total. The maximum Gasteiger partial charge on any atom is 0.120 e. The normalized spacial score (nSPS) is 21.2. The molecule has 1 aromatic heterocycles. The van der Waals surface area contributed by atoms with Gasteiger partial charge in [0, 0.05) is 22.2 Å². The highest BCUT2D eigenvalue weighted by molar-refractivity contribution is 7.22. The van der Waals surface area contributed by atoms with E-state index in [4.69, 9.17) is 14.2 Å². The van der Waals surface area contributed by atoms with Gasteiger partial charge >= 0.3 is 0 Å². The molecule has 3 aliphatic rings. The molecule has 4 aromatic rings. The Labute approximate surface area is 266 Å². The minimum absolute atomic E-state index is 0.313. The maximum atomic E-state index is 6.62. The number of thiophene rings is 1. The van der Waals surface area contributed by atoms with Gasteiger partial charge in [-0.05, 0) is 154 Å². The Balaban J connectivity index is 1.07. The van der Waals surface area contributed by atoms with E-state index in [1.807, 2.05) is 11.3 Å². The molecule has 0 spiro atoms. The molecule has 7 rings (SSSR count). The molecule has 1 aliphatic carbocycles. The lowest BCUT2D eigenvalue weighted by atomic mass is 9.98. The number of benzene rings is 3. The number of nitrogens with zero attached hydrogens (tertiary/aromatic N) is 2. The number of piperidine rings is 1. The van der Waals surface area contributed by atoms with Crippen LogP contribution in [0.5, 0.6) is 17.2 Å². The zero-order valence-corrected chi connectivity index (χ0v) is 27.0. The third-order valence-corrected chi connectivity index (χ3v) is 11.1. The van der Waals surface area contributed by atoms with Crippen LogP contribution in [0.2, 0.25) is 0 Å². The zero-order valence-electron chi connectivity index (χ0n) is 26.1. The van der Waals surface area contributed by atoms with Crippen molar-refractivity contribution < 1.29 is 14.2 Å². The largest absolute Gasteiger partial charge is 0.497 e. The summed E-state index contributed by atoms with van der Waals surface area (Å²) in [6.45, 7) is 6.64. The van der Waals surface area contributed by atoms with Crippen molar-refractivity contribution in [3.05, 3.63) is 77.9 Å². The van der Waals surface area contributed by atoms with Crippen molar-refractivity contribution in [3.63, 3.8) is 0 Å². The van der Waals surface area contributed by atoms with Gasteiger partial charge in [0.2, 0.25) is 0 Å². The van der Waals surface area contributed by atoms with Crippen LogP contribution in [0.4, 0.5) is 0 Å². The van der Waals surface area contributed by atoms with E-state index in [2.05, 4.69) is 76.5 Å². The maximum absolute atomic E-state index is 6.62. The third-order valence-electron chi connectivity index (χ3n) is 9.86. The third kappa shape index (κ3) is 6.78. The predicted octanol–water partition coefficient (Wildman–Crippen LogP) is 8.43. The van der Waals surface area contributed by atoms with Gasteiger partial charge in [-0.3, -0.25) is 9.80 Å². The van der Waals surface area contributed by atoms with Gasteiger partial charge in [0.1, 0.15) is 30.0 Å². The number of hydrogen-bond donors (Lipinski definition) is 0. The molecule has 2 saturated heterocycles. The first-order valence-corrected chi connectivity index (χ1v) is 17.6.